The van der Waals surface area contributed by atoms with Gasteiger partial charge >= 0.3 is 0 Å². The molecule has 4 aromatic rings. The van der Waals surface area contributed by atoms with Crippen molar-refractivity contribution in [3.05, 3.63) is 75.0 Å². The maximum atomic E-state index is 12.0. The monoisotopic (exact) mass is 508 g/mol. The van der Waals surface area contributed by atoms with Crippen LogP contribution in [0.1, 0.15) is 10.6 Å². The maximum Gasteiger partial charge on any atom is 0.264 e. The molecule has 0 atom stereocenters. The smallest absolute Gasteiger partial charge is 0.264 e. The number of thiazole rings is 2. The van der Waals surface area contributed by atoms with Gasteiger partial charge in [-0.05, 0) is 35.9 Å². The van der Waals surface area contributed by atoms with Gasteiger partial charge in [0.05, 0.1) is 18.4 Å². The van der Waals surface area contributed by atoms with E-state index in [0.717, 1.165) is 16.8 Å². The summed E-state index contributed by atoms with van der Waals surface area (Å²) in [6.45, 7) is -0.193. The van der Waals surface area contributed by atoms with Crippen LogP contribution in [-0.2, 0) is 4.79 Å². The zero-order valence-corrected chi connectivity index (χ0v) is 20.2. The summed E-state index contributed by atoms with van der Waals surface area (Å²) in [6.07, 6.45) is 3.34. The van der Waals surface area contributed by atoms with Crippen molar-refractivity contribution in [2.24, 2.45) is 0 Å². The zero-order valence-electron chi connectivity index (χ0n) is 17.8. The molecule has 0 aliphatic heterocycles. The van der Waals surface area contributed by atoms with E-state index in [2.05, 4.69) is 21.4 Å². The lowest BCUT2D eigenvalue weighted by molar-refractivity contribution is -0.118. The van der Waals surface area contributed by atoms with Crippen LogP contribution in [0.15, 0.2) is 59.4 Å². The molecule has 34 heavy (non-hydrogen) atoms. The largest absolute Gasteiger partial charge is 0.493 e. The van der Waals surface area contributed by atoms with Crippen molar-refractivity contribution in [1.82, 2.24) is 9.97 Å². The number of hydrogen-bond donors (Lipinski definition) is 1. The van der Waals surface area contributed by atoms with Crippen molar-refractivity contribution in [3.63, 3.8) is 0 Å². The van der Waals surface area contributed by atoms with Crippen molar-refractivity contribution >= 4 is 57.0 Å². The summed E-state index contributed by atoms with van der Waals surface area (Å²) in [5.41, 5.74) is 2.85. The Kier molecular flexibility index (Phi) is 7.54. The van der Waals surface area contributed by atoms with Crippen LogP contribution in [0.4, 0.5) is 5.13 Å². The van der Waals surface area contributed by atoms with Crippen molar-refractivity contribution in [2.45, 2.75) is 0 Å². The van der Waals surface area contributed by atoms with Crippen LogP contribution in [-0.4, -0.2) is 29.6 Å². The number of allylic oxidation sites excluding steroid dienone is 1. The van der Waals surface area contributed by atoms with Crippen molar-refractivity contribution in [2.75, 3.05) is 19.0 Å². The topological polar surface area (TPSA) is 97.1 Å². The van der Waals surface area contributed by atoms with E-state index >= 15 is 0 Å². The molecule has 0 aliphatic carbocycles. The fraction of sp³-hybridized carbons (Fsp3) is 0.0833. The summed E-state index contributed by atoms with van der Waals surface area (Å²) in [6, 6.07) is 14.8. The lowest BCUT2D eigenvalue weighted by Gasteiger charge is -2.11. The molecule has 2 aromatic heterocycles. The number of aromatic nitrogens is 2. The molecule has 1 amide bonds. The minimum atomic E-state index is -0.326. The average molecular weight is 509 g/mol. The summed E-state index contributed by atoms with van der Waals surface area (Å²) in [7, 11) is 1.51. The fourth-order valence-corrected chi connectivity index (χ4v) is 4.40. The van der Waals surface area contributed by atoms with E-state index < -0.39 is 0 Å². The molecule has 7 nitrogen and oxygen atoms in total. The number of methoxy groups -OCH3 is 1. The highest BCUT2D eigenvalue weighted by molar-refractivity contribution is 7.13. The van der Waals surface area contributed by atoms with E-state index in [9.17, 15) is 10.1 Å². The SMILES string of the molecule is COc1cc(C=C(C#N)c2nc(-c3ccc(Cl)cc3)cs2)ccc1OCC(=O)Nc1nccs1. The van der Waals surface area contributed by atoms with E-state index in [1.165, 1.54) is 29.8 Å². The second-order valence-corrected chi connectivity index (χ2v) is 8.99. The standard InChI is InChI=1S/C24H17ClN4O3S2/c1-31-21-11-15(2-7-20(21)32-13-22(30)29-24-27-8-9-33-24)10-17(12-26)23-28-19(14-34-23)16-3-5-18(25)6-4-16/h2-11,14H,13H2,1H3,(H,27,29,30). The molecule has 0 spiro atoms. The first kappa shape index (κ1) is 23.4. The van der Waals surface area contributed by atoms with E-state index in [4.69, 9.17) is 21.1 Å². The molecule has 1 N–H and O–H groups in total. The second-order valence-electron chi connectivity index (χ2n) is 6.80. The Morgan fingerprint density at radius 3 is 2.74 bits per heavy atom. The maximum absolute atomic E-state index is 12.0. The van der Waals surface area contributed by atoms with Gasteiger partial charge in [0.15, 0.2) is 23.2 Å². The number of halogens is 1. The molecule has 4 rings (SSSR count). The molecule has 170 valence electrons. The molecule has 0 aliphatic rings. The molecular weight excluding hydrogens is 492 g/mol. The van der Waals surface area contributed by atoms with Gasteiger partial charge in [0.1, 0.15) is 11.1 Å². The number of anilines is 1. The molecule has 0 bridgehead atoms. The highest BCUT2D eigenvalue weighted by Crippen LogP contribution is 2.31. The molecule has 2 heterocycles. The van der Waals surface area contributed by atoms with Crippen LogP contribution in [0.5, 0.6) is 11.5 Å². The third-order valence-electron chi connectivity index (χ3n) is 4.53. The molecule has 0 unspecified atom stereocenters. The lowest BCUT2D eigenvalue weighted by atomic mass is 10.1. The third-order valence-corrected chi connectivity index (χ3v) is 6.35. The first-order chi connectivity index (χ1) is 16.6. The van der Waals surface area contributed by atoms with Crippen molar-refractivity contribution < 1.29 is 14.3 Å². The lowest BCUT2D eigenvalue weighted by Crippen LogP contribution is -2.20. The van der Waals surface area contributed by atoms with Crippen LogP contribution < -0.4 is 14.8 Å². The van der Waals surface area contributed by atoms with Gasteiger partial charge in [0.25, 0.3) is 5.91 Å². The number of nitriles is 1. The molecular formula is C24H17ClN4O3S2. The number of ether oxygens (including phenoxy) is 2. The Morgan fingerprint density at radius 2 is 2.03 bits per heavy atom. The fourth-order valence-electron chi connectivity index (χ4n) is 2.94. The first-order valence-electron chi connectivity index (χ1n) is 9.89. The molecule has 10 heteroatoms. The molecule has 0 radical (unpaired) electrons. The third kappa shape index (κ3) is 5.80. The quantitative estimate of drug-likeness (QED) is 0.293. The Hall–Kier alpha value is -3.71. The van der Waals surface area contributed by atoms with Crippen LogP contribution in [0.2, 0.25) is 5.02 Å². The van der Waals surface area contributed by atoms with Gasteiger partial charge in [0.2, 0.25) is 0 Å². The van der Waals surface area contributed by atoms with Gasteiger partial charge in [-0.3, -0.25) is 10.1 Å². The van der Waals surface area contributed by atoms with Crippen LogP contribution in [0.25, 0.3) is 22.9 Å². The van der Waals surface area contributed by atoms with Crippen molar-refractivity contribution in [3.8, 4) is 28.8 Å². The predicted molar refractivity (Wildman–Crippen MR) is 135 cm³/mol. The van der Waals surface area contributed by atoms with E-state index in [-0.39, 0.29) is 12.5 Å². The van der Waals surface area contributed by atoms with Gasteiger partial charge in [-0.25, -0.2) is 9.97 Å². The van der Waals surface area contributed by atoms with Crippen LogP contribution in [0.3, 0.4) is 0 Å². The van der Waals surface area contributed by atoms with Gasteiger partial charge in [-0.2, -0.15) is 5.26 Å². The summed E-state index contributed by atoms with van der Waals surface area (Å²) >= 11 is 8.67. The number of carbonyl (C=O) groups is 1. The summed E-state index contributed by atoms with van der Waals surface area (Å²) in [5.74, 6) is 0.522. The van der Waals surface area contributed by atoms with E-state index in [0.29, 0.717) is 32.2 Å². The van der Waals surface area contributed by atoms with Gasteiger partial charge < -0.3 is 9.47 Å². The zero-order chi connectivity index (χ0) is 23.9. The van der Waals surface area contributed by atoms with E-state index in [1.807, 2.05) is 17.5 Å². The summed E-state index contributed by atoms with van der Waals surface area (Å²) in [4.78, 5) is 20.6. The first-order valence-corrected chi connectivity index (χ1v) is 12.0. The Balaban J connectivity index is 1.48. The Bertz CT molecular complexity index is 1360. The van der Waals surface area contributed by atoms with Crippen LogP contribution in [0, 0.1) is 11.3 Å². The van der Waals surface area contributed by atoms with Crippen LogP contribution >= 0.6 is 34.3 Å². The number of benzene rings is 2. The average Bonchev–Trinajstić information content (AvgIpc) is 3.54. The van der Waals surface area contributed by atoms with E-state index in [1.54, 1.807) is 48.0 Å². The molecule has 0 saturated heterocycles. The minimum Gasteiger partial charge on any atom is -0.493 e. The second kappa shape index (κ2) is 10.9. The number of rotatable bonds is 8. The number of nitrogens with zero attached hydrogens (tertiary/aromatic N) is 3. The molecule has 0 fully saturated rings. The number of carbonyl (C=O) groups excluding carboxylic acids is 1. The van der Waals surface area contributed by atoms with Gasteiger partial charge in [0, 0.05) is 27.5 Å². The number of amides is 1. The number of nitrogens with one attached hydrogen (secondary N) is 1. The Labute approximate surface area is 208 Å². The summed E-state index contributed by atoms with van der Waals surface area (Å²) in [5, 5.41) is 17.8. The van der Waals surface area contributed by atoms with Crippen molar-refractivity contribution in [1.29, 1.82) is 5.26 Å². The molecule has 0 saturated carbocycles. The minimum absolute atomic E-state index is 0.193. The summed E-state index contributed by atoms with van der Waals surface area (Å²) < 4.78 is 11.0. The number of hydrogen-bond acceptors (Lipinski definition) is 8. The highest BCUT2D eigenvalue weighted by atomic mass is 35.5. The van der Waals surface area contributed by atoms with Gasteiger partial charge in [-0.1, -0.05) is 29.8 Å². The molecule has 2 aromatic carbocycles. The Morgan fingerprint density at radius 1 is 1.21 bits per heavy atom. The predicted octanol–water partition coefficient (Wildman–Crippen LogP) is 6.01. The highest BCUT2D eigenvalue weighted by Gasteiger charge is 2.12. The normalized spacial score (nSPS) is 11.0. The van der Waals surface area contributed by atoms with Gasteiger partial charge in [-0.15, -0.1) is 22.7 Å².